The van der Waals surface area contributed by atoms with Crippen LogP contribution in [-0.4, -0.2) is 37.7 Å². The lowest BCUT2D eigenvalue weighted by Crippen LogP contribution is -2.30. The monoisotopic (exact) mass is 563 g/mol. The van der Waals surface area contributed by atoms with Gasteiger partial charge in [0.15, 0.2) is 0 Å². The number of rotatable bonds is 15. The maximum Gasteiger partial charge on any atom is 0.126 e. The third kappa shape index (κ3) is 7.95. The van der Waals surface area contributed by atoms with Gasteiger partial charge >= 0.3 is 0 Å². The van der Waals surface area contributed by atoms with Gasteiger partial charge in [0, 0.05) is 30.0 Å². The quantitative estimate of drug-likeness (QED) is 0.145. The van der Waals surface area contributed by atoms with Crippen LogP contribution in [0.15, 0.2) is 103 Å². The molecular formula is C38H45NO3. The summed E-state index contributed by atoms with van der Waals surface area (Å²) in [5.74, 6) is 3.04. The molecule has 0 unspecified atom stereocenters. The molecule has 0 spiro atoms. The van der Waals surface area contributed by atoms with Gasteiger partial charge in [0.25, 0.3) is 0 Å². The number of fused-ring (bicyclic) bond motifs is 1. The molecular weight excluding hydrogens is 518 g/mol. The van der Waals surface area contributed by atoms with Gasteiger partial charge in [-0.2, -0.15) is 0 Å². The molecule has 4 heteroatoms. The molecule has 0 radical (unpaired) electrons. The Bertz CT molecular complexity index is 1330. The van der Waals surface area contributed by atoms with Gasteiger partial charge in [0.05, 0.1) is 6.61 Å². The molecule has 220 valence electrons. The van der Waals surface area contributed by atoms with Crippen molar-refractivity contribution in [3.63, 3.8) is 0 Å². The van der Waals surface area contributed by atoms with Gasteiger partial charge in [-0.1, -0.05) is 106 Å². The Morgan fingerprint density at radius 2 is 1.36 bits per heavy atom. The van der Waals surface area contributed by atoms with Crippen molar-refractivity contribution in [3.05, 3.63) is 125 Å². The van der Waals surface area contributed by atoms with Crippen molar-refractivity contribution in [3.8, 4) is 17.2 Å². The first-order chi connectivity index (χ1) is 20.7. The van der Waals surface area contributed by atoms with Crippen LogP contribution in [0.25, 0.3) is 0 Å². The van der Waals surface area contributed by atoms with Crippen molar-refractivity contribution in [1.82, 2.24) is 4.90 Å². The maximum absolute atomic E-state index is 6.38. The summed E-state index contributed by atoms with van der Waals surface area (Å²) >= 11 is 0. The van der Waals surface area contributed by atoms with Crippen molar-refractivity contribution in [1.29, 1.82) is 0 Å². The topological polar surface area (TPSA) is 30.9 Å². The van der Waals surface area contributed by atoms with E-state index in [0.717, 1.165) is 42.4 Å². The van der Waals surface area contributed by atoms with E-state index in [1.807, 2.05) is 24.3 Å². The zero-order valence-electron chi connectivity index (χ0n) is 25.2. The smallest absolute Gasteiger partial charge is 0.126 e. The Kier molecular flexibility index (Phi) is 10.9. The minimum absolute atomic E-state index is 0.173. The molecule has 5 rings (SSSR count). The number of hydrogen-bond acceptors (Lipinski definition) is 4. The molecule has 1 aliphatic rings. The largest absolute Gasteiger partial charge is 0.492 e. The van der Waals surface area contributed by atoms with Crippen LogP contribution in [0.5, 0.6) is 17.2 Å². The molecule has 0 saturated heterocycles. The Hall–Kier alpha value is -3.76. The summed E-state index contributed by atoms with van der Waals surface area (Å²) in [4.78, 5) is 2.54. The van der Waals surface area contributed by atoms with Crippen LogP contribution in [0.3, 0.4) is 0 Å². The number of ether oxygens (including phenoxy) is 3. The molecule has 0 aliphatic carbocycles. The zero-order valence-corrected chi connectivity index (χ0v) is 25.2. The standard InChI is InChI=1S/C38H45NO3/c1-3-5-23-39(24-6-4-2)25-26-40-33-19-17-32(18-20-33)38-35-22-21-34(41-28-30-13-9-7-10-14-30)27-37(35)42-29-36(38)31-15-11-8-12-16-31/h7-22,27,36,38H,3-6,23-26,28-29H2,1-2H3/t36-,38-/m0/s1. The molecule has 0 fully saturated rings. The first-order valence-corrected chi connectivity index (χ1v) is 15.7. The minimum Gasteiger partial charge on any atom is -0.492 e. The molecule has 0 saturated carbocycles. The van der Waals surface area contributed by atoms with Gasteiger partial charge in [0.1, 0.15) is 30.5 Å². The Labute approximate surface area is 252 Å². The van der Waals surface area contributed by atoms with Crippen LogP contribution in [0.1, 0.15) is 73.6 Å². The second kappa shape index (κ2) is 15.5. The minimum atomic E-state index is 0.173. The molecule has 0 amide bonds. The lowest BCUT2D eigenvalue weighted by atomic mass is 9.76. The maximum atomic E-state index is 6.38. The van der Waals surface area contributed by atoms with E-state index in [1.54, 1.807) is 0 Å². The van der Waals surface area contributed by atoms with Crippen molar-refractivity contribution in [2.45, 2.75) is 58.0 Å². The highest BCUT2D eigenvalue weighted by atomic mass is 16.5. The summed E-state index contributed by atoms with van der Waals surface area (Å²) in [7, 11) is 0. The van der Waals surface area contributed by atoms with E-state index >= 15 is 0 Å². The van der Waals surface area contributed by atoms with E-state index in [2.05, 4.69) is 97.6 Å². The molecule has 42 heavy (non-hydrogen) atoms. The number of unbranched alkanes of at least 4 members (excludes halogenated alkanes) is 2. The summed E-state index contributed by atoms with van der Waals surface area (Å²) in [6, 6.07) is 36.0. The first-order valence-electron chi connectivity index (χ1n) is 15.7. The van der Waals surface area contributed by atoms with Gasteiger partial charge in [-0.25, -0.2) is 0 Å². The summed E-state index contributed by atoms with van der Waals surface area (Å²) < 4.78 is 18.7. The molecule has 0 aromatic heterocycles. The van der Waals surface area contributed by atoms with Crippen LogP contribution in [0.2, 0.25) is 0 Å². The van der Waals surface area contributed by atoms with Crippen LogP contribution >= 0.6 is 0 Å². The third-order valence-electron chi connectivity index (χ3n) is 8.19. The highest BCUT2D eigenvalue weighted by Gasteiger charge is 2.33. The molecule has 4 aromatic carbocycles. The van der Waals surface area contributed by atoms with Gasteiger partial charge in [-0.3, -0.25) is 4.90 Å². The number of hydrogen-bond donors (Lipinski definition) is 0. The van der Waals surface area contributed by atoms with Gasteiger partial charge in [-0.15, -0.1) is 0 Å². The summed E-state index contributed by atoms with van der Waals surface area (Å²) in [5, 5.41) is 0. The van der Waals surface area contributed by atoms with E-state index in [1.165, 1.54) is 42.4 Å². The highest BCUT2D eigenvalue weighted by molar-refractivity contribution is 5.51. The predicted molar refractivity (Wildman–Crippen MR) is 172 cm³/mol. The predicted octanol–water partition coefficient (Wildman–Crippen LogP) is 8.85. The van der Waals surface area contributed by atoms with Crippen molar-refractivity contribution in [2.24, 2.45) is 0 Å². The van der Waals surface area contributed by atoms with Gasteiger partial charge < -0.3 is 14.2 Å². The van der Waals surface area contributed by atoms with Crippen molar-refractivity contribution in [2.75, 3.05) is 32.8 Å². The van der Waals surface area contributed by atoms with E-state index < -0.39 is 0 Å². The zero-order chi connectivity index (χ0) is 29.0. The van der Waals surface area contributed by atoms with Crippen molar-refractivity contribution >= 4 is 0 Å². The Balaban J connectivity index is 1.31. The molecule has 1 aliphatic heterocycles. The Morgan fingerprint density at radius 1 is 0.690 bits per heavy atom. The van der Waals surface area contributed by atoms with Crippen LogP contribution in [0, 0.1) is 0 Å². The lowest BCUT2D eigenvalue weighted by Gasteiger charge is -2.34. The SMILES string of the molecule is CCCCN(CCCC)CCOc1ccc([C@H]2c3ccc(OCc4ccccc4)cc3OC[C@H]2c2ccccc2)cc1. The molecule has 4 aromatic rings. The Morgan fingerprint density at radius 3 is 2.05 bits per heavy atom. The second-order valence-electron chi connectivity index (χ2n) is 11.2. The molecule has 0 N–H and O–H groups in total. The molecule has 2 atom stereocenters. The van der Waals surface area contributed by atoms with Gasteiger partial charge in [0.2, 0.25) is 0 Å². The molecule has 1 heterocycles. The number of benzene rings is 4. The average molecular weight is 564 g/mol. The highest BCUT2D eigenvalue weighted by Crippen LogP contribution is 2.47. The van der Waals surface area contributed by atoms with E-state index in [9.17, 15) is 0 Å². The van der Waals surface area contributed by atoms with Gasteiger partial charge in [-0.05, 0) is 60.8 Å². The number of nitrogens with zero attached hydrogens (tertiary/aromatic N) is 1. The van der Waals surface area contributed by atoms with Crippen LogP contribution < -0.4 is 14.2 Å². The normalized spacial score (nSPS) is 16.1. The van der Waals surface area contributed by atoms with Crippen LogP contribution in [-0.2, 0) is 6.61 Å². The molecule has 4 nitrogen and oxygen atoms in total. The summed E-state index contributed by atoms with van der Waals surface area (Å²) in [5.41, 5.74) is 4.90. The lowest BCUT2D eigenvalue weighted by molar-refractivity contribution is 0.204. The van der Waals surface area contributed by atoms with Crippen LogP contribution in [0.4, 0.5) is 0 Å². The fourth-order valence-corrected chi connectivity index (χ4v) is 5.78. The summed E-state index contributed by atoms with van der Waals surface area (Å²) in [6.07, 6.45) is 4.95. The third-order valence-corrected chi connectivity index (χ3v) is 8.19. The van der Waals surface area contributed by atoms with E-state index in [4.69, 9.17) is 14.2 Å². The fourth-order valence-electron chi connectivity index (χ4n) is 5.78. The van der Waals surface area contributed by atoms with Crippen molar-refractivity contribution < 1.29 is 14.2 Å². The molecule has 0 bridgehead atoms. The summed E-state index contributed by atoms with van der Waals surface area (Å²) in [6.45, 7) is 9.66. The average Bonchev–Trinajstić information content (AvgIpc) is 3.05. The first kappa shape index (κ1) is 29.7. The van der Waals surface area contributed by atoms with E-state index in [0.29, 0.717) is 19.8 Å². The van der Waals surface area contributed by atoms with E-state index in [-0.39, 0.29) is 11.8 Å². The second-order valence-corrected chi connectivity index (χ2v) is 11.2. The fraction of sp³-hybridized carbons (Fsp3) is 0.368.